The Labute approximate surface area is 139 Å². The zero-order chi connectivity index (χ0) is 17.7. The van der Waals surface area contributed by atoms with Crippen LogP contribution in [0.4, 0.5) is 23.2 Å². The summed E-state index contributed by atoms with van der Waals surface area (Å²) in [5.41, 5.74) is -1.12. The molecule has 9 heteroatoms. The van der Waals surface area contributed by atoms with Gasteiger partial charge in [0.25, 0.3) is 5.91 Å². The zero-order valence-electron chi connectivity index (χ0n) is 12.0. The molecule has 4 nitrogen and oxygen atoms in total. The predicted molar refractivity (Wildman–Crippen MR) is 84.2 cm³/mol. The van der Waals surface area contributed by atoms with E-state index >= 15 is 0 Å². The van der Waals surface area contributed by atoms with Gasteiger partial charge in [-0.2, -0.15) is 13.2 Å². The van der Waals surface area contributed by atoms with Crippen LogP contribution in [0.3, 0.4) is 0 Å². The van der Waals surface area contributed by atoms with Gasteiger partial charge in [-0.15, -0.1) is 0 Å². The zero-order valence-corrected chi connectivity index (χ0v) is 12.8. The number of carbonyl (C=O) groups excluding carboxylic acids is 1. The second-order valence-electron chi connectivity index (χ2n) is 4.66. The topological polar surface area (TPSA) is 54.0 Å². The highest BCUT2D eigenvalue weighted by Crippen LogP contribution is 2.31. The first-order valence-electron chi connectivity index (χ1n) is 6.62. The summed E-state index contributed by atoms with van der Waals surface area (Å²) in [6, 6.07) is 5.05. The van der Waals surface area contributed by atoms with E-state index in [-0.39, 0.29) is 11.5 Å². The van der Waals surface area contributed by atoms with Crippen LogP contribution in [0.2, 0.25) is 0 Å². The van der Waals surface area contributed by atoms with E-state index in [0.717, 1.165) is 0 Å². The minimum absolute atomic E-state index is 0.0366. The highest BCUT2D eigenvalue weighted by atomic mass is 32.1. The number of hydrogen-bond acceptors (Lipinski definition) is 3. The number of nitrogens with one attached hydrogen (secondary N) is 2. The van der Waals surface area contributed by atoms with Gasteiger partial charge in [-0.25, -0.2) is 4.39 Å². The summed E-state index contributed by atoms with van der Waals surface area (Å²) >= 11 is 4.91. The van der Waals surface area contributed by atoms with Crippen molar-refractivity contribution < 1.29 is 22.4 Å². The molecule has 0 spiro atoms. The average molecular weight is 357 g/mol. The van der Waals surface area contributed by atoms with Crippen LogP contribution in [0.25, 0.3) is 0 Å². The van der Waals surface area contributed by atoms with E-state index in [1.165, 1.54) is 18.5 Å². The molecule has 1 aromatic carbocycles. The third kappa shape index (κ3) is 4.72. The highest BCUT2D eigenvalue weighted by molar-refractivity contribution is 7.80. The second-order valence-corrected chi connectivity index (χ2v) is 5.16. The van der Waals surface area contributed by atoms with Crippen LogP contribution < -0.4 is 10.6 Å². The van der Waals surface area contributed by atoms with Gasteiger partial charge in [0.1, 0.15) is 5.82 Å². The van der Waals surface area contributed by atoms with Crippen LogP contribution in [0.5, 0.6) is 0 Å². The van der Waals surface area contributed by atoms with Gasteiger partial charge in [-0.1, -0.05) is 12.2 Å². The van der Waals surface area contributed by atoms with E-state index in [1.54, 1.807) is 6.07 Å². The first kappa shape index (κ1) is 17.8. The lowest BCUT2D eigenvalue weighted by atomic mass is 10.2. The molecule has 1 aromatic heterocycles. The van der Waals surface area contributed by atoms with Crippen LogP contribution in [-0.4, -0.2) is 22.4 Å². The molecule has 2 aromatic rings. The number of carbonyl (C=O) groups is 1. The summed E-state index contributed by atoms with van der Waals surface area (Å²) in [6.45, 7) is -0.168. The number of thiocarbonyl (C=S) groups is 1. The Bertz CT molecular complexity index is 750. The third-order valence-corrected chi connectivity index (χ3v) is 3.15. The Hall–Kier alpha value is -2.55. The molecule has 24 heavy (non-hydrogen) atoms. The van der Waals surface area contributed by atoms with Crippen LogP contribution in [0.1, 0.15) is 15.9 Å². The molecular weight excluding hydrogens is 346 g/mol. The first-order chi connectivity index (χ1) is 11.3. The molecule has 0 fully saturated rings. The van der Waals surface area contributed by atoms with Crippen molar-refractivity contribution in [2.45, 2.75) is 6.18 Å². The van der Waals surface area contributed by atoms with E-state index in [4.69, 9.17) is 12.2 Å². The Morgan fingerprint density at radius 3 is 2.62 bits per heavy atom. The molecule has 0 aliphatic carbocycles. The van der Waals surface area contributed by atoms with Gasteiger partial charge in [0.05, 0.1) is 28.3 Å². The molecule has 0 aliphatic heterocycles. The number of benzene rings is 1. The van der Waals surface area contributed by atoms with Crippen molar-refractivity contribution in [1.82, 2.24) is 10.3 Å². The smallest absolute Gasteiger partial charge is 0.346 e. The van der Waals surface area contributed by atoms with E-state index < -0.39 is 29.2 Å². The van der Waals surface area contributed by atoms with Crippen LogP contribution in [-0.2, 0) is 6.18 Å². The van der Waals surface area contributed by atoms with Gasteiger partial charge in [-0.3, -0.25) is 9.78 Å². The van der Waals surface area contributed by atoms with Gasteiger partial charge >= 0.3 is 6.18 Å². The largest absolute Gasteiger partial charge is 0.416 e. The summed E-state index contributed by atoms with van der Waals surface area (Å²) in [6.07, 6.45) is -1.75. The minimum Gasteiger partial charge on any atom is -0.346 e. The molecule has 0 radical (unpaired) electrons. The minimum atomic E-state index is -4.60. The quantitative estimate of drug-likeness (QED) is 0.650. The molecule has 126 valence electrons. The Morgan fingerprint density at radius 2 is 2.00 bits per heavy atom. The summed E-state index contributed by atoms with van der Waals surface area (Å²) in [7, 11) is 0. The Morgan fingerprint density at radius 1 is 1.25 bits per heavy atom. The fraction of sp³-hybridized carbons (Fsp3) is 0.133. The average Bonchev–Trinajstić information content (AvgIpc) is 2.54. The Kier molecular flexibility index (Phi) is 5.45. The lowest BCUT2D eigenvalue weighted by Crippen LogP contribution is -2.32. The second kappa shape index (κ2) is 7.35. The molecule has 0 unspecified atom stereocenters. The number of amides is 1. The lowest BCUT2D eigenvalue weighted by molar-refractivity contribution is -0.137. The maximum absolute atomic E-state index is 13.6. The van der Waals surface area contributed by atoms with Gasteiger partial charge in [0.2, 0.25) is 0 Å². The molecule has 0 saturated heterocycles. The number of anilines is 1. The van der Waals surface area contributed by atoms with Crippen molar-refractivity contribution in [2.75, 3.05) is 11.9 Å². The number of pyridine rings is 1. The maximum atomic E-state index is 13.6. The first-order valence-corrected chi connectivity index (χ1v) is 7.03. The molecule has 2 N–H and O–H groups in total. The van der Waals surface area contributed by atoms with Gasteiger partial charge in [-0.05, 0) is 30.3 Å². The molecular formula is C15H11F4N3OS. The van der Waals surface area contributed by atoms with Gasteiger partial charge in [0, 0.05) is 12.4 Å². The number of rotatable bonds is 4. The standard InChI is InChI=1S/C15H11F4N3OS/c16-11-4-3-10(15(17,18)19)6-12(11)22-13(24)8-21-14(23)9-2-1-5-20-7-9/h1-7H,8H2,(H,21,23)(H,22,24). The molecule has 0 atom stereocenters. The molecule has 0 aliphatic rings. The van der Waals surface area contributed by atoms with Gasteiger partial charge < -0.3 is 10.6 Å². The molecule has 0 bridgehead atoms. The molecule has 1 heterocycles. The van der Waals surface area contributed by atoms with Crippen LogP contribution >= 0.6 is 12.2 Å². The highest BCUT2D eigenvalue weighted by Gasteiger charge is 2.31. The number of aromatic nitrogens is 1. The number of hydrogen-bond donors (Lipinski definition) is 2. The SMILES string of the molecule is O=C(NCC(=S)Nc1cc(C(F)(F)F)ccc1F)c1cccnc1. The van der Waals surface area contributed by atoms with Crippen molar-refractivity contribution in [3.8, 4) is 0 Å². The van der Waals surface area contributed by atoms with Crippen molar-refractivity contribution in [3.63, 3.8) is 0 Å². The lowest BCUT2D eigenvalue weighted by Gasteiger charge is -2.13. The summed E-state index contributed by atoms with van der Waals surface area (Å²) in [4.78, 5) is 15.5. The monoisotopic (exact) mass is 357 g/mol. The van der Waals surface area contributed by atoms with Crippen LogP contribution in [0.15, 0.2) is 42.7 Å². The molecule has 0 saturated carbocycles. The fourth-order valence-electron chi connectivity index (χ4n) is 1.75. The number of halogens is 4. The maximum Gasteiger partial charge on any atom is 0.416 e. The van der Waals surface area contributed by atoms with Gasteiger partial charge in [0.15, 0.2) is 0 Å². The van der Waals surface area contributed by atoms with Crippen molar-refractivity contribution in [3.05, 3.63) is 59.7 Å². The summed E-state index contributed by atoms with van der Waals surface area (Å²) < 4.78 is 51.5. The summed E-state index contributed by atoms with van der Waals surface area (Å²) in [5.74, 6) is -1.35. The number of alkyl halides is 3. The predicted octanol–water partition coefficient (Wildman–Crippen LogP) is 3.41. The fourth-order valence-corrected chi connectivity index (χ4v) is 1.93. The molecule has 1 amide bonds. The third-order valence-electron chi connectivity index (χ3n) is 2.90. The molecule has 2 rings (SSSR count). The van der Waals surface area contributed by atoms with E-state index in [0.29, 0.717) is 23.8 Å². The van der Waals surface area contributed by atoms with Crippen molar-refractivity contribution >= 4 is 28.8 Å². The van der Waals surface area contributed by atoms with Crippen molar-refractivity contribution in [2.24, 2.45) is 0 Å². The van der Waals surface area contributed by atoms with E-state index in [1.807, 2.05) is 0 Å². The Balaban J connectivity index is 1.99. The summed E-state index contributed by atoms with van der Waals surface area (Å²) in [5, 5.41) is 4.81. The van der Waals surface area contributed by atoms with Crippen LogP contribution in [0, 0.1) is 5.82 Å². The normalized spacial score (nSPS) is 11.0. The number of nitrogens with zero attached hydrogens (tertiary/aromatic N) is 1. The van der Waals surface area contributed by atoms with Crippen molar-refractivity contribution in [1.29, 1.82) is 0 Å². The van der Waals surface area contributed by atoms with E-state index in [9.17, 15) is 22.4 Å². The van der Waals surface area contributed by atoms with E-state index in [2.05, 4.69) is 15.6 Å².